The Labute approximate surface area is 133 Å². The molecule has 0 atom stereocenters. The van der Waals surface area contributed by atoms with Gasteiger partial charge < -0.3 is 0 Å². The van der Waals surface area contributed by atoms with Crippen LogP contribution in [0.2, 0.25) is 0 Å². The highest BCUT2D eigenvalue weighted by atomic mass is 16.2. The van der Waals surface area contributed by atoms with Gasteiger partial charge in [-0.2, -0.15) is 4.98 Å². The lowest BCUT2D eigenvalue weighted by molar-refractivity contribution is -0.118. The summed E-state index contributed by atoms with van der Waals surface area (Å²) < 4.78 is 1.67. The van der Waals surface area contributed by atoms with E-state index in [-0.39, 0.29) is 17.8 Å². The molecule has 0 fully saturated rings. The van der Waals surface area contributed by atoms with Gasteiger partial charge in [0.15, 0.2) is 5.65 Å². The van der Waals surface area contributed by atoms with Crippen LogP contribution in [0.3, 0.4) is 0 Å². The van der Waals surface area contributed by atoms with E-state index in [9.17, 15) is 9.59 Å². The number of hydrogen-bond acceptors (Lipinski definition) is 4. The van der Waals surface area contributed by atoms with Gasteiger partial charge in [-0.15, -0.1) is 5.10 Å². The maximum absolute atomic E-state index is 11.8. The molecule has 23 heavy (non-hydrogen) atoms. The summed E-state index contributed by atoms with van der Waals surface area (Å²) in [5.41, 5.74) is 3.00. The molecule has 3 rings (SSSR count). The quantitative estimate of drug-likeness (QED) is 0.752. The van der Waals surface area contributed by atoms with Gasteiger partial charge in [0, 0.05) is 17.0 Å². The molecule has 0 aliphatic rings. The van der Waals surface area contributed by atoms with Gasteiger partial charge in [0.2, 0.25) is 11.9 Å². The molecule has 116 valence electrons. The number of amides is 1. The van der Waals surface area contributed by atoms with Crippen molar-refractivity contribution in [1.29, 1.82) is 0 Å². The molecule has 0 aliphatic heterocycles. The van der Waals surface area contributed by atoms with Crippen LogP contribution in [0.25, 0.3) is 16.9 Å². The highest BCUT2D eigenvalue weighted by molar-refractivity contribution is 5.90. The fourth-order valence-electron chi connectivity index (χ4n) is 2.16. The summed E-state index contributed by atoms with van der Waals surface area (Å²) in [7, 11) is 0. The summed E-state index contributed by atoms with van der Waals surface area (Å²) in [4.78, 5) is 26.9. The van der Waals surface area contributed by atoms with Crippen molar-refractivity contribution in [3.8, 4) is 11.3 Å². The Balaban J connectivity index is 2.02. The number of aromatic nitrogens is 3. The van der Waals surface area contributed by atoms with Crippen LogP contribution in [-0.2, 0) is 4.79 Å². The Bertz CT molecular complexity index is 866. The zero-order valence-corrected chi connectivity index (χ0v) is 12.9. The number of carbonyl (C=O) groups excluding carboxylic acids is 2. The van der Waals surface area contributed by atoms with Crippen molar-refractivity contribution >= 4 is 23.8 Å². The van der Waals surface area contributed by atoms with Crippen molar-refractivity contribution in [1.82, 2.24) is 14.6 Å². The fraction of sp³-hybridized carbons (Fsp3) is 0.176. The van der Waals surface area contributed by atoms with Crippen LogP contribution >= 0.6 is 0 Å². The molecule has 0 spiro atoms. The van der Waals surface area contributed by atoms with Crippen molar-refractivity contribution in [2.45, 2.75) is 13.8 Å². The third-order valence-electron chi connectivity index (χ3n) is 3.46. The normalized spacial score (nSPS) is 10.9. The zero-order chi connectivity index (χ0) is 16.4. The third-order valence-corrected chi connectivity index (χ3v) is 3.46. The van der Waals surface area contributed by atoms with Crippen LogP contribution in [-0.4, -0.2) is 26.8 Å². The molecule has 3 aromatic rings. The van der Waals surface area contributed by atoms with Crippen molar-refractivity contribution in [3.05, 3.63) is 48.0 Å². The monoisotopic (exact) mass is 308 g/mol. The maximum atomic E-state index is 11.8. The molecular weight excluding hydrogens is 292 g/mol. The fourth-order valence-corrected chi connectivity index (χ4v) is 2.16. The van der Waals surface area contributed by atoms with Gasteiger partial charge in [-0.3, -0.25) is 14.9 Å². The summed E-state index contributed by atoms with van der Waals surface area (Å²) in [6, 6.07) is 12.8. The first-order valence-electron chi connectivity index (χ1n) is 7.31. The van der Waals surface area contributed by atoms with Crippen LogP contribution in [0.15, 0.2) is 42.5 Å². The maximum Gasteiger partial charge on any atom is 0.249 e. The number of rotatable bonds is 4. The number of nitrogens with zero attached hydrogens (tertiary/aromatic N) is 3. The number of nitrogens with one attached hydrogen (secondary N) is 1. The average molecular weight is 308 g/mol. The Hall–Kier alpha value is -3.02. The molecule has 0 aliphatic carbocycles. The van der Waals surface area contributed by atoms with E-state index in [1.165, 1.54) is 0 Å². The van der Waals surface area contributed by atoms with Gasteiger partial charge in [0.1, 0.15) is 6.29 Å². The second-order valence-electron chi connectivity index (χ2n) is 5.50. The number of anilines is 1. The summed E-state index contributed by atoms with van der Waals surface area (Å²) >= 11 is 0. The number of pyridine rings is 1. The molecule has 1 amide bonds. The molecule has 0 saturated carbocycles. The van der Waals surface area contributed by atoms with E-state index in [0.717, 1.165) is 17.5 Å². The number of aldehydes is 1. The van der Waals surface area contributed by atoms with E-state index in [1.807, 2.05) is 44.2 Å². The Morgan fingerprint density at radius 1 is 1.17 bits per heavy atom. The standard InChI is InChI=1S/C17H16N4O2/c1-11(2)16(23)19-17-18-15-5-3-4-14(21(15)20-17)13-8-6-12(10-22)7-9-13/h3-11H,1-2H3,(H,19,20,23). The van der Waals surface area contributed by atoms with E-state index >= 15 is 0 Å². The Morgan fingerprint density at radius 3 is 2.57 bits per heavy atom. The molecule has 6 nitrogen and oxygen atoms in total. The predicted molar refractivity (Wildman–Crippen MR) is 87.3 cm³/mol. The lowest BCUT2D eigenvalue weighted by atomic mass is 10.1. The Kier molecular flexibility index (Phi) is 3.89. The first-order chi connectivity index (χ1) is 11.1. The first kappa shape index (κ1) is 14.9. The molecule has 6 heteroatoms. The molecule has 0 bridgehead atoms. The van der Waals surface area contributed by atoms with Crippen LogP contribution in [0, 0.1) is 5.92 Å². The van der Waals surface area contributed by atoms with Crippen LogP contribution < -0.4 is 5.32 Å². The van der Waals surface area contributed by atoms with Crippen molar-refractivity contribution < 1.29 is 9.59 Å². The summed E-state index contributed by atoms with van der Waals surface area (Å²) in [5, 5.41) is 7.06. The van der Waals surface area contributed by atoms with Crippen LogP contribution in [0.4, 0.5) is 5.95 Å². The highest BCUT2D eigenvalue weighted by Gasteiger charge is 2.13. The predicted octanol–water partition coefficient (Wildman–Crippen LogP) is 2.80. The third kappa shape index (κ3) is 2.96. The summed E-state index contributed by atoms with van der Waals surface area (Å²) in [6.07, 6.45) is 0.805. The highest BCUT2D eigenvalue weighted by Crippen LogP contribution is 2.21. The van der Waals surface area contributed by atoms with Crippen molar-refractivity contribution in [2.24, 2.45) is 5.92 Å². The molecule has 1 aromatic carbocycles. The van der Waals surface area contributed by atoms with E-state index < -0.39 is 0 Å². The number of hydrogen-bond donors (Lipinski definition) is 1. The molecule has 0 unspecified atom stereocenters. The summed E-state index contributed by atoms with van der Waals surface area (Å²) in [5.74, 6) is 0.00965. The lowest BCUT2D eigenvalue weighted by Gasteiger charge is -2.04. The molecule has 1 N–H and O–H groups in total. The van der Waals surface area contributed by atoms with E-state index in [4.69, 9.17) is 0 Å². The molecule has 2 heterocycles. The number of fused-ring (bicyclic) bond motifs is 1. The number of carbonyl (C=O) groups is 2. The zero-order valence-electron chi connectivity index (χ0n) is 12.9. The van der Waals surface area contributed by atoms with Crippen molar-refractivity contribution in [3.63, 3.8) is 0 Å². The largest absolute Gasteiger partial charge is 0.298 e. The van der Waals surface area contributed by atoms with Crippen molar-refractivity contribution in [2.75, 3.05) is 5.32 Å². The second kappa shape index (κ2) is 6.00. The molecular formula is C17H16N4O2. The minimum absolute atomic E-state index is 0.127. The van der Waals surface area contributed by atoms with Gasteiger partial charge in [-0.05, 0) is 12.1 Å². The lowest BCUT2D eigenvalue weighted by Crippen LogP contribution is -2.18. The van der Waals surface area contributed by atoms with Gasteiger partial charge in [0.05, 0.1) is 5.69 Å². The van der Waals surface area contributed by atoms with E-state index in [1.54, 1.807) is 16.6 Å². The molecule has 0 saturated heterocycles. The van der Waals surface area contributed by atoms with Gasteiger partial charge >= 0.3 is 0 Å². The van der Waals surface area contributed by atoms with E-state index in [2.05, 4.69) is 15.4 Å². The van der Waals surface area contributed by atoms with Gasteiger partial charge in [-0.25, -0.2) is 4.52 Å². The molecule has 2 aromatic heterocycles. The van der Waals surface area contributed by atoms with Gasteiger partial charge in [0.25, 0.3) is 0 Å². The summed E-state index contributed by atoms with van der Waals surface area (Å²) in [6.45, 7) is 3.62. The topological polar surface area (TPSA) is 76.4 Å². The first-order valence-corrected chi connectivity index (χ1v) is 7.31. The van der Waals surface area contributed by atoms with Crippen LogP contribution in [0.1, 0.15) is 24.2 Å². The SMILES string of the molecule is CC(C)C(=O)Nc1nc2cccc(-c3ccc(C=O)cc3)n2n1. The average Bonchev–Trinajstić information content (AvgIpc) is 2.97. The molecule has 0 radical (unpaired) electrons. The second-order valence-corrected chi connectivity index (χ2v) is 5.50. The minimum Gasteiger partial charge on any atom is -0.298 e. The minimum atomic E-state index is -0.142. The van der Waals surface area contributed by atoms with Crippen LogP contribution in [0.5, 0.6) is 0 Å². The van der Waals surface area contributed by atoms with E-state index in [0.29, 0.717) is 11.2 Å². The smallest absolute Gasteiger partial charge is 0.249 e. The Morgan fingerprint density at radius 2 is 1.91 bits per heavy atom. The number of benzene rings is 1. The van der Waals surface area contributed by atoms with Gasteiger partial charge in [-0.1, -0.05) is 44.2 Å².